The average Bonchev–Trinajstić information content (AvgIpc) is 2.31. The lowest BCUT2D eigenvalue weighted by Crippen LogP contribution is -2.34. The first kappa shape index (κ1) is 13.1. The molecule has 1 aromatic carbocycles. The zero-order chi connectivity index (χ0) is 14.2. The highest BCUT2D eigenvalue weighted by atomic mass is 19.4. The van der Waals surface area contributed by atoms with Crippen molar-refractivity contribution in [3.05, 3.63) is 46.4 Å². The van der Waals surface area contributed by atoms with Gasteiger partial charge in [-0.2, -0.15) is 13.2 Å². The van der Waals surface area contributed by atoms with Gasteiger partial charge in [0.1, 0.15) is 12.2 Å². The summed E-state index contributed by atoms with van der Waals surface area (Å²) in [7, 11) is 0. The van der Waals surface area contributed by atoms with E-state index >= 15 is 0 Å². The number of primary amides is 1. The van der Waals surface area contributed by atoms with Crippen LogP contribution in [0, 0.1) is 0 Å². The largest absolute Gasteiger partial charge is 0.406 e. The van der Waals surface area contributed by atoms with Crippen molar-refractivity contribution in [1.82, 2.24) is 4.57 Å². The molecule has 0 saturated heterocycles. The van der Waals surface area contributed by atoms with Gasteiger partial charge in [-0.15, -0.1) is 0 Å². The number of aromatic nitrogens is 1. The van der Waals surface area contributed by atoms with Gasteiger partial charge in [-0.1, -0.05) is 18.2 Å². The van der Waals surface area contributed by atoms with Crippen molar-refractivity contribution in [2.24, 2.45) is 5.73 Å². The first-order valence-corrected chi connectivity index (χ1v) is 5.29. The summed E-state index contributed by atoms with van der Waals surface area (Å²) in [5.74, 6) is -1.08. The Morgan fingerprint density at radius 3 is 2.47 bits per heavy atom. The van der Waals surface area contributed by atoms with Gasteiger partial charge >= 0.3 is 6.18 Å². The van der Waals surface area contributed by atoms with E-state index in [9.17, 15) is 22.8 Å². The number of pyridine rings is 1. The number of carbonyl (C=O) groups excluding carboxylic acids is 1. The molecule has 0 radical (unpaired) electrons. The Morgan fingerprint density at radius 2 is 1.89 bits per heavy atom. The minimum atomic E-state index is -4.61. The maximum Gasteiger partial charge on any atom is 0.406 e. The van der Waals surface area contributed by atoms with Gasteiger partial charge < -0.3 is 5.73 Å². The molecule has 100 valence electrons. The molecule has 0 spiro atoms. The number of benzene rings is 1. The van der Waals surface area contributed by atoms with Gasteiger partial charge in [0.05, 0.1) is 0 Å². The third kappa shape index (κ3) is 2.59. The molecule has 7 heteroatoms. The summed E-state index contributed by atoms with van der Waals surface area (Å²) in [5.41, 5.74) is 3.68. The first-order chi connectivity index (χ1) is 8.79. The maximum atomic E-state index is 12.5. The van der Waals surface area contributed by atoms with Crippen LogP contribution in [0.4, 0.5) is 13.2 Å². The number of rotatable bonds is 2. The van der Waals surface area contributed by atoms with Crippen molar-refractivity contribution in [1.29, 1.82) is 0 Å². The zero-order valence-electron chi connectivity index (χ0n) is 9.57. The van der Waals surface area contributed by atoms with Crippen LogP contribution in [0.15, 0.2) is 35.1 Å². The Morgan fingerprint density at radius 1 is 1.26 bits per heavy atom. The number of amides is 1. The molecule has 0 atom stereocenters. The van der Waals surface area contributed by atoms with Crippen LogP contribution in [0.2, 0.25) is 0 Å². The molecule has 1 heterocycles. The van der Waals surface area contributed by atoms with Crippen LogP contribution >= 0.6 is 0 Å². The Labute approximate surface area is 105 Å². The summed E-state index contributed by atoms with van der Waals surface area (Å²) in [6, 6.07) is 7.26. The Bertz CT molecular complexity index is 704. The standard InChI is InChI=1S/C12H9F3N2O2/c13-12(14,15)6-17-9(10(16)18)5-7-3-1-2-4-8(7)11(17)19/h1-5H,6H2,(H2,16,18). The van der Waals surface area contributed by atoms with Crippen molar-refractivity contribution in [3.8, 4) is 0 Å². The van der Waals surface area contributed by atoms with Crippen molar-refractivity contribution in [3.63, 3.8) is 0 Å². The van der Waals surface area contributed by atoms with Crippen LogP contribution in [0.3, 0.4) is 0 Å². The van der Waals surface area contributed by atoms with Gasteiger partial charge in [-0.3, -0.25) is 14.2 Å². The highest BCUT2D eigenvalue weighted by Crippen LogP contribution is 2.19. The van der Waals surface area contributed by atoms with E-state index in [0.29, 0.717) is 9.95 Å². The second kappa shape index (κ2) is 4.42. The van der Waals surface area contributed by atoms with E-state index in [1.807, 2.05) is 0 Å². The molecule has 0 bridgehead atoms. The van der Waals surface area contributed by atoms with E-state index < -0.39 is 29.9 Å². The number of hydrogen-bond donors (Lipinski definition) is 1. The maximum absolute atomic E-state index is 12.5. The van der Waals surface area contributed by atoms with Gasteiger partial charge in [0.2, 0.25) is 0 Å². The molecular weight excluding hydrogens is 261 g/mol. The Kier molecular flexibility index (Phi) is 3.05. The zero-order valence-corrected chi connectivity index (χ0v) is 9.57. The molecule has 2 aromatic rings. The molecule has 0 aliphatic rings. The number of carbonyl (C=O) groups is 1. The molecule has 4 nitrogen and oxygen atoms in total. The summed E-state index contributed by atoms with van der Waals surface area (Å²) in [4.78, 5) is 23.2. The van der Waals surface area contributed by atoms with Crippen molar-refractivity contribution in [2.75, 3.05) is 0 Å². The van der Waals surface area contributed by atoms with Crippen molar-refractivity contribution >= 4 is 16.7 Å². The lowest BCUT2D eigenvalue weighted by Gasteiger charge is -2.14. The number of halogens is 3. The fourth-order valence-electron chi connectivity index (χ4n) is 1.84. The number of nitrogens with zero attached hydrogens (tertiary/aromatic N) is 1. The van der Waals surface area contributed by atoms with Gasteiger partial charge in [0, 0.05) is 5.39 Å². The molecule has 0 fully saturated rings. The normalized spacial score (nSPS) is 11.7. The van der Waals surface area contributed by atoms with Crippen LogP contribution in [0.1, 0.15) is 10.5 Å². The van der Waals surface area contributed by atoms with Crippen LogP contribution < -0.4 is 11.3 Å². The summed E-state index contributed by atoms with van der Waals surface area (Å²) in [6.45, 7) is -1.55. The molecule has 0 saturated carbocycles. The predicted molar refractivity (Wildman–Crippen MR) is 62.8 cm³/mol. The minimum absolute atomic E-state index is 0.108. The molecular formula is C12H9F3N2O2. The SMILES string of the molecule is NC(=O)c1cc2ccccc2c(=O)n1CC(F)(F)F. The highest BCUT2D eigenvalue weighted by Gasteiger charge is 2.30. The van der Waals surface area contributed by atoms with E-state index in [1.54, 1.807) is 6.07 Å². The average molecular weight is 270 g/mol. The van der Waals surface area contributed by atoms with Crippen LogP contribution in [0.5, 0.6) is 0 Å². The first-order valence-electron chi connectivity index (χ1n) is 5.29. The second-order valence-electron chi connectivity index (χ2n) is 3.99. The molecule has 19 heavy (non-hydrogen) atoms. The number of alkyl halides is 3. The number of nitrogens with two attached hydrogens (primary N) is 1. The van der Waals surface area contributed by atoms with Crippen LogP contribution in [0.25, 0.3) is 10.8 Å². The second-order valence-corrected chi connectivity index (χ2v) is 3.99. The predicted octanol–water partition coefficient (Wildman–Crippen LogP) is 1.66. The molecule has 0 aliphatic heterocycles. The van der Waals surface area contributed by atoms with Gasteiger partial charge in [0.15, 0.2) is 0 Å². The molecule has 0 unspecified atom stereocenters. The highest BCUT2D eigenvalue weighted by molar-refractivity contribution is 5.95. The summed E-state index contributed by atoms with van der Waals surface area (Å²) < 4.78 is 37.7. The van der Waals surface area contributed by atoms with Gasteiger partial charge in [-0.05, 0) is 17.5 Å². The topological polar surface area (TPSA) is 65.1 Å². The third-order valence-corrected chi connectivity index (χ3v) is 2.61. The smallest absolute Gasteiger partial charge is 0.364 e. The van der Waals surface area contributed by atoms with E-state index in [4.69, 9.17) is 5.73 Å². The van der Waals surface area contributed by atoms with Gasteiger partial charge in [0.25, 0.3) is 11.5 Å². The quantitative estimate of drug-likeness (QED) is 0.902. The van der Waals surface area contributed by atoms with E-state index in [-0.39, 0.29) is 5.39 Å². The summed E-state index contributed by atoms with van der Waals surface area (Å²) in [6.07, 6.45) is -4.61. The number of fused-ring (bicyclic) bond motifs is 1. The molecule has 2 N–H and O–H groups in total. The minimum Gasteiger partial charge on any atom is -0.364 e. The Hall–Kier alpha value is -2.31. The van der Waals surface area contributed by atoms with E-state index in [1.165, 1.54) is 24.3 Å². The van der Waals surface area contributed by atoms with Crippen LogP contribution in [-0.4, -0.2) is 16.7 Å². The van der Waals surface area contributed by atoms with Gasteiger partial charge in [-0.25, -0.2) is 0 Å². The summed E-state index contributed by atoms with van der Waals surface area (Å²) in [5, 5.41) is 0.483. The lowest BCUT2D eigenvalue weighted by molar-refractivity contribution is -0.141. The molecule has 0 aliphatic carbocycles. The van der Waals surface area contributed by atoms with Crippen LogP contribution in [-0.2, 0) is 6.54 Å². The molecule has 2 rings (SSSR count). The molecule has 1 amide bonds. The van der Waals surface area contributed by atoms with E-state index in [0.717, 1.165) is 0 Å². The summed E-state index contributed by atoms with van der Waals surface area (Å²) >= 11 is 0. The number of hydrogen-bond acceptors (Lipinski definition) is 2. The Balaban J connectivity index is 2.79. The third-order valence-electron chi connectivity index (χ3n) is 2.61. The van der Waals surface area contributed by atoms with Crippen molar-refractivity contribution in [2.45, 2.75) is 12.7 Å². The fourth-order valence-corrected chi connectivity index (χ4v) is 1.84. The monoisotopic (exact) mass is 270 g/mol. The van der Waals surface area contributed by atoms with E-state index in [2.05, 4.69) is 0 Å². The fraction of sp³-hybridized carbons (Fsp3) is 0.167. The lowest BCUT2D eigenvalue weighted by atomic mass is 10.1. The molecule has 1 aromatic heterocycles. The van der Waals surface area contributed by atoms with Crippen molar-refractivity contribution < 1.29 is 18.0 Å².